The number of ether oxygens (including phenoxy) is 1. The highest BCUT2D eigenvalue weighted by atomic mass is 16.5. The summed E-state index contributed by atoms with van der Waals surface area (Å²) in [7, 11) is 0. The number of hydrogen-bond donors (Lipinski definition) is 1. The maximum atomic E-state index is 10.5. The smallest absolute Gasteiger partial charge is 0.307 e. The topological polar surface area (TPSA) is 46.5 Å². The van der Waals surface area contributed by atoms with Crippen LogP contribution in [0, 0.1) is 13.8 Å². The normalized spacial score (nSPS) is 12.2. The van der Waals surface area contributed by atoms with Crippen molar-refractivity contribution in [1.29, 1.82) is 0 Å². The molecule has 3 nitrogen and oxygen atoms in total. The summed E-state index contributed by atoms with van der Waals surface area (Å²) in [6.07, 6.45) is -0.282. The molecule has 1 atom stereocenters. The molecule has 0 aliphatic carbocycles. The van der Waals surface area contributed by atoms with Crippen LogP contribution in [0.25, 0.3) is 0 Å². The molecule has 0 heterocycles. The van der Waals surface area contributed by atoms with E-state index in [0.29, 0.717) is 0 Å². The van der Waals surface area contributed by atoms with Gasteiger partial charge in [-0.15, -0.1) is 0 Å². The minimum absolute atomic E-state index is 0.0212. The van der Waals surface area contributed by atoms with Crippen molar-refractivity contribution in [3.63, 3.8) is 0 Å². The lowest BCUT2D eigenvalue weighted by Crippen LogP contribution is -2.17. The first-order valence-corrected chi connectivity index (χ1v) is 4.95. The van der Waals surface area contributed by atoms with Gasteiger partial charge in [-0.1, -0.05) is 12.1 Å². The van der Waals surface area contributed by atoms with Crippen molar-refractivity contribution < 1.29 is 14.6 Å². The first-order valence-electron chi connectivity index (χ1n) is 4.95. The van der Waals surface area contributed by atoms with E-state index in [9.17, 15) is 4.79 Å². The molecule has 0 fully saturated rings. The minimum atomic E-state index is -0.840. The lowest BCUT2D eigenvalue weighted by molar-refractivity contribution is -0.138. The summed E-state index contributed by atoms with van der Waals surface area (Å²) >= 11 is 0. The molecular weight excluding hydrogens is 192 g/mol. The standard InChI is InChI=1S/C12H16O3/c1-8-5-4-6-11(10(8)3)15-9(2)7-12(13)14/h4-6,9H,7H2,1-3H3,(H,13,14). The van der Waals surface area contributed by atoms with E-state index >= 15 is 0 Å². The molecule has 0 amide bonds. The molecule has 0 bridgehead atoms. The lowest BCUT2D eigenvalue weighted by Gasteiger charge is -2.15. The molecule has 0 aliphatic heterocycles. The van der Waals surface area contributed by atoms with Crippen LogP contribution >= 0.6 is 0 Å². The molecule has 0 saturated carbocycles. The molecule has 1 aromatic carbocycles. The largest absolute Gasteiger partial charge is 0.490 e. The van der Waals surface area contributed by atoms with E-state index in [1.54, 1.807) is 6.92 Å². The van der Waals surface area contributed by atoms with Crippen LogP contribution in [0.3, 0.4) is 0 Å². The van der Waals surface area contributed by atoms with Crippen molar-refractivity contribution in [3.8, 4) is 5.75 Å². The van der Waals surface area contributed by atoms with Crippen molar-refractivity contribution >= 4 is 5.97 Å². The number of benzene rings is 1. The monoisotopic (exact) mass is 208 g/mol. The molecule has 1 unspecified atom stereocenters. The average Bonchev–Trinajstić information content (AvgIpc) is 2.11. The predicted octanol–water partition coefficient (Wildman–Crippen LogP) is 2.55. The quantitative estimate of drug-likeness (QED) is 0.827. The molecule has 82 valence electrons. The van der Waals surface area contributed by atoms with Gasteiger partial charge < -0.3 is 9.84 Å². The Balaban J connectivity index is 2.72. The summed E-state index contributed by atoms with van der Waals surface area (Å²) in [5.41, 5.74) is 2.21. The zero-order chi connectivity index (χ0) is 11.4. The van der Waals surface area contributed by atoms with Crippen LogP contribution in [-0.4, -0.2) is 17.2 Å². The van der Waals surface area contributed by atoms with E-state index < -0.39 is 5.97 Å². The third-order valence-electron chi connectivity index (χ3n) is 2.35. The summed E-state index contributed by atoms with van der Waals surface area (Å²) in [6, 6.07) is 5.77. The van der Waals surface area contributed by atoms with Crippen molar-refractivity contribution in [2.75, 3.05) is 0 Å². The van der Waals surface area contributed by atoms with Crippen molar-refractivity contribution in [1.82, 2.24) is 0 Å². The van der Waals surface area contributed by atoms with E-state index in [2.05, 4.69) is 0 Å². The van der Waals surface area contributed by atoms with Crippen LogP contribution in [0.15, 0.2) is 18.2 Å². The fourth-order valence-corrected chi connectivity index (χ4v) is 1.36. The highest BCUT2D eigenvalue weighted by Crippen LogP contribution is 2.22. The average molecular weight is 208 g/mol. The zero-order valence-corrected chi connectivity index (χ0v) is 9.28. The van der Waals surface area contributed by atoms with Crippen LogP contribution in [0.1, 0.15) is 24.5 Å². The predicted molar refractivity (Wildman–Crippen MR) is 58.3 cm³/mol. The Bertz CT molecular complexity index is 358. The van der Waals surface area contributed by atoms with Gasteiger partial charge in [-0.3, -0.25) is 4.79 Å². The van der Waals surface area contributed by atoms with Gasteiger partial charge in [-0.25, -0.2) is 0 Å². The molecule has 0 radical (unpaired) electrons. The van der Waals surface area contributed by atoms with Crippen LogP contribution in [0.4, 0.5) is 0 Å². The van der Waals surface area contributed by atoms with Crippen LogP contribution in [-0.2, 0) is 4.79 Å². The fourth-order valence-electron chi connectivity index (χ4n) is 1.36. The number of rotatable bonds is 4. The molecule has 1 aromatic rings. The highest BCUT2D eigenvalue weighted by molar-refractivity contribution is 5.67. The first-order chi connectivity index (χ1) is 7.00. The highest BCUT2D eigenvalue weighted by Gasteiger charge is 2.10. The van der Waals surface area contributed by atoms with Crippen LogP contribution < -0.4 is 4.74 Å². The Morgan fingerprint density at radius 3 is 2.73 bits per heavy atom. The molecule has 0 spiro atoms. The van der Waals surface area contributed by atoms with Gasteiger partial charge in [0.1, 0.15) is 11.9 Å². The summed E-state index contributed by atoms with van der Waals surface area (Å²) in [4.78, 5) is 10.5. The molecule has 0 aromatic heterocycles. The van der Waals surface area contributed by atoms with Crippen molar-refractivity contribution in [2.45, 2.75) is 33.3 Å². The summed E-state index contributed by atoms with van der Waals surface area (Å²) in [6.45, 7) is 5.73. The fraction of sp³-hybridized carbons (Fsp3) is 0.417. The number of aliphatic carboxylic acids is 1. The second-order valence-electron chi connectivity index (χ2n) is 3.72. The van der Waals surface area contributed by atoms with E-state index in [1.165, 1.54) is 0 Å². The molecule has 0 aliphatic rings. The number of aryl methyl sites for hydroxylation is 1. The van der Waals surface area contributed by atoms with Gasteiger partial charge in [-0.2, -0.15) is 0 Å². The molecule has 0 saturated heterocycles. The van der Waals surface area contributed by atoms with Crippen LogP contribution in [0.5, 0.6) is 5.75 Å². The molecule has 15 heavy (non-hydrogen) atoms. The molecule has 1 rings (SSSR count). The molecular formula is C12H16O3. The Hall–Kier alpha value is -1.51. The SMILES string of the molecule is Cc1cccc(OC(C)CC(=O)O)c1C. The third-order valence-corrected chi connectivity index (χ3v) is 2.35. The Kier molecular flexibility index (Phi) is 3.72. The lowest BCUT2D eigenvalue weighted by atomic mass is 10.1. The third kappa shape index (κ3) is 3.27. The number of carboxylic acids is 1. The molecule has 3 heteroatoms. The Labute approximate surface area is 89.7 Å². The van der Waals surface area contributed by atoms with Gasteiger partial charge in [0.05, 0.1) is 6.42 Å². The zero-order valence-electron chi connectivity index (χ0n) is 9.28. The van der Waals surface area contributed by atoms with E-state index in [1.807, 2.05) is 32.0 Å². The Morgan fingerprint density at radius 2 is 2.13 bits per heavy atom. The maximum Gasteiger partial charge on any atom is 0.307 e. The van der Waals surface area contributed by atoms with Gasteiger partial charge in [-0.05, 0) is 38.0 Å². The van der Waals surface area contributed by atoms with E-state index in [0.717, 1.165) is 16.9 Å². The second-order valence-corrected chi connectivity index (χ2v) is 3.72. The van der Waals surface area contributed by atoms with Crippen LogP contribution in [0.2, 0.25) is 0 Å². The van der Waals surface area contributed by atoms with E-state index in [-0.39, 0.29) is 12.5 Å². The Morgan fingerprint density at radius 1 is 1.47 bits per heavy atom. The number of hydrogen-bond acceptors (Lipinski definition) is 2. The van der Waals surface area contributed by atoms with Crippen molar-refractivity contribution in [3.05, 3.63) is 29.3 Å². The summed E-state index contributed by atoms with van der Waals surface area (Å²) in [5, 5.41) is 8.61. The van der Waals surface area contributed by atoms with Gasteiger partial charge in [0, 0.05) is 0 Å². The maximum absolute atomic E-state index is 10.5. The van der Waals surface area contributed by atoms with Gasteiger partial charge in [0.25, 0.3) is 0 Å². The van der Waals surface area contributed by atoms with Gasteiger partial charge >= 0.3 is 5.97 Å². The van der Waals surface area contributed by atoms with Gasteiger partial charge in [0.2, 0.25) is 0 Å². The van der Waals surface area contributed by atoms with E-state index in [4.69, 9.17) is 9.84 Å². The minimum Gasteiger partial charge on any atom is -0.490 e. The first kappa shape index (κ1) is 11.6. The second kappa shape index (κ2) is 4.82. The molecule has 1 N–H and O–H groups in total. The number of carboxylic acid groups (broad SMARTS) is 1. The number of carbonyl (C=O) groups is 1. The summed E-state index contributed by atoms with van der Waals surface area (Å²) in [5.74, 6) is -0.0726. The van der Waals surface area contributed by atoms with Crippen molar-refractivity contribution in [2.24, 2.45) is 0 Å². The van der Waals surface area contributed by atoms with Gasteiger partial charge in [0.15, 0.2) is 0 Å². The summed E-state index contributed by atoms with van der Waals surface area (Å²) < 4.78 is 5.56.